The zero-order chi connectivity index (χ0) is 13.5. The van der Waals surface area contributed by atoms with Crippen molar-refractivity contribution >= 4 is 5.96 Å². The van der Waals surface area contributed by atoms with Crippen LogP contribution >= 0.6 is 0 Å². The lowest BCUT2D eigenvalue weighted by Gasteiger charge is -2.13. The number of nitrogens with one attached hydrogen (secondary N) is 1. The van der Waals surface area contributed by atoms with Gasteiger partial charge in [-0.25, -0.2) is 4.99 Å². The van der Waals surface area contributed by atoms with Crippen LogP contribution in [0.3, 0.4) is 0 Å². The van der Waals surface area contributed by atoms with E-state index >= 15 is 0 Å². The molecule has 1 rings (SSSR count). The maximum absolute atomic E-state index is 5.75. The second kappa shape index (κ2) is 6.89. The summed E-state index contributed by atoms with van der Waals surface area (Å²) in [5.74, 6) is 1.32. The highest BCUT2D eigenvalue weighted by Crippen LogP contribution is 2.11. The number of aliphatic imine (C=N–C) groups is 1. The van der Waals surface area contributed by atoms with Gasteiger partial charge in [-0.15, -0.1) is 0 Å². The van der Waals surface area contributed by atoms with Gasteiger partial charge in [0.15, 0.2) is 5.96 Å². The molecular weight excluding hydrogens is 226 g/mol. The van der Waals surface area contributed by atoms with Gasteiger partial charge in [-0.2, -0.15) is 0 Å². The maximum Gasteiger partial charge on any atom is 0.189 e. The summed E-state index contributed by atoms with van der Waals surface area (Å²) in [6, 6.07) is 8.29. The fourth-order valence-corrected chi connectivity index (χ4v) is 1.46. The molecule has 100 valence electrons. The highest BCUT2D eigenvalue weighted by Gasteiger charge is 2.03. The van der Waals surface area contributed by atoms with Gasteiger partial charge in [-0.3, -0.25) is 0 Å². The molecule has 0 aliphatic rings. The molecule has 0 amide bonds. The van der Waals surface area contributed by atoms with Gasteiger partial charge < -0.3 is 15.8 Å². The Hall–Kier alpha value is -1.71. The molecule has 0 saturated carbocycles. The Kier molecular flexibility index (Phi) is 5.49. The Balaban J connectivity index is 2.41. The van der Waals surface area contributed by atoms with Gasteiger partial charge in [0.25, 0.3) is 0 Å². The summed E-state index contributed by atoms with van der Waals surface area (Å²) in [5, 5.41) is 3.05. The Morgan fingerprint density at radius 1 is 1.28 bits per heavy atom. The van der Waals surface area contributed by atoms with Gasteiger partial charge in [0.2, 0.25) is 0 Å². The van der Waals surface area contributed by atoms with Crippen LogP contribution in [0.4, 0.5) is 0 Å². The van der Waals surface area contributed by atoms with Gasteiger partial charge in [0.05, 0.1) is 6.04 Å². The van der Waals surface area contributed by atoms with Gasteiger partial charge in [-0.05, 0) is 39.8 Å². The Morgan fingerprint density at radius 2 is 1.89 bits per heavy atom. The van der Waals surface area contributed by atoms with Crippen molar-refractivity contribution in [1.29, 1.82) is 0 Å². The first-order chi connectivity index (χ1) is 8.47. The smallest absolute Gasteiger partial charge is 0.189 e. The van der Waals surface area contributed by atoms with Crippen LogP contribution in [0.2, 0.25) is 0 Å². The monoisotopic (exact) mass is 249 g/mol. The summed E-state index contributed by atoms with van der Waals surface area (Å²) in [7, 11) is 0. The molecule has 0 aliphatic heterocycles. The van der Waals surface area contributed by atoms with Crippen molar-refractivity contribution in [3.05, 3.63) is 29.8 Å². The van der Waals surface area contributed by atoms with E-state index in [0.29, 0.717) is 18.6 Å². The number of hydrogen-bond acceptors (Lipinski definition) is 2. The zero-order valence-electron chi connectivity index (χ0n) is 11.6. The molecule has 1 aromatic rings. The fourth-order valence-electron chi connectivity index (χ4n) is 1.46. The molecule has 0 heterocycles. The molecule has 0 aromatic heterocycles. The van der Waals surface area contributed by atoms with Crippen LogP contribution in [0, 0.1) is 6.92 Å². The Morgan fingerprint density at radius 3 is 2.44 bits per heavy atom. The summed E-state index contributed by atoms with van der Waals surface area (Å²) in [6.07, 6.45) is 0. The minimum absolute atomic E-state index is 0.0255. The summed E-state index contributed by atoms with van der Waals surface area (Å²) >= 11 is 0. The zero-order valence-corrected chi connectivity index (χ0v) is 11.6. The van der Waals surface area contributed by atoms with Crippen LogP contribution in [0.25, 0.3) is 0 Å². The summed E-state index contributed by atoms with van der Waals surface area (Å²) in [4.78, 5) is 4.31. The molecule has 1 atom stereocenters. The Bertz CT molecular complexity index is 385. The van der Waals surface area contributed by atoms with Crippen molar-refractivity contribution in [3.8, 4) is 5.75 Å². The standard InChI is InChI=1S/C14H23N3O/c1-10(2)16-14(15)17-12(4)9-18-13-7-5-11(3)6-8-13/h5-8,10,12H,9H2,1-4H3,(H3,15,16,17). The number of aryl methyl sites for hydroxylation is 1. The molecule has 0 fully saturated rings. The number of nitrogens with two attached hydrogens (primary N) is 1. The fraction of sp³-hybridized carbons (Fsp3) is 0.500. The number of guanidine groups is 1. The molecular formula is C14H23N3O. The van der Waals surface area contributed by atoms with Gasteiger partial charge in [-0.1, -0.05) is 17.7 Å². The molecule has 18 heavy (non-hydrogen) atoms. The van der Waals surface area contributed by atoms with E-state index in [2.05, 4.69) is 17.2 Å². The first kappa shape index (κ1) is 14.4. The number of benzene rings is 1. The number of hydrogen-bond donors (Lipinski definition) is 2. The third kappa shape index (κ3) is 5.57. The molecule has 3 N–H and O–H groups in total. The minimum atomic E-state index is 0.0255. The number of rotatable bonds is 5. The number of nitrogens with zero attached hydrogens (tertiary/aromatic N) is 1. The van der Waals surface area contributed by atoms with Crippen LogP contribution in [0.5, 0.6) is 5.75 Å². The van der Waals surface area contributed by atoms with Crippen molar-refractivity contribution < 1.29 is 4.74 Å². The van der Waals surface area contributed by atoms with Crippen molar-refractivity contribution in [3.63, 3.8) is 0 Å². The second-order valence-electron chi connectivity index (χ2n) is 4.79. The van der Waals surface area contributed by atoms with E-state index < -0.39 is 0 Å². The topological polar surface area (TPSA) is 59.6 Å². The summed E-state index contributed by atoms with van der Waals surface area (Å²) < 4.78 is 5.64. The molecule has 1 unspecified atom stereocenters. The normalized spacial score (nSPS) is 13.5. The molecule has 0 bridgehead atoms. The van der Waals surface area contributed by atoms with E-state index in [0.717, 1.165) is 5.75 Å². The number of ether oxygens (including phenoxy) is 1. The van der Waals surface area contributed by atoms with E-state index in [1.165, 1.54) is 5.56 Å². The molecule has 1 aromatic carbocycles. The Labute approximate surface area is 109 Å². The summed E-state index contributed by atoms with van der Waals surface area (Å²) in [6.45, 7) is 8.59. The largest absolute Gasteiger partial charge is 0.491 e. The third-order valence-corrected chi connectivity index (χ3v) is 2.31. The van der Waals surface area contributed by atoms with Crippen molar-refractivity contribution in [2.75, 3.05) is 6.61 Å². The average Bonchev–Trinajstić information content (AvgIpc) is 2.27. The SMILES string of the molecule is Cc1ccc(OCC(C)N=C(N)NC(C)C)cc1. The lowest BCUT2D eigenvalue weighted by atomic mass is 10.2. The van der Waals surface area contributed by atoms with Crippen LogP contribution in [-0.4, -0.2) is 24.7 Å². The second-order valence-corrected chi connectivity index (χ2v) is 4.79. The van der Waals surface area contributed by atoms with E-state index in [-0.39, 0.29) is 6.04 Å². The van der Waals surface area contributed by atoms with E-state index in [1.54, 1.807) is 0 Å². The first-order valence-corrected chi connectivity index (χ1v) is 6.26. The van der Waals surface area contributed by atoms with Crippen molar-refractivity contribution in [2.45, 2.75) is 39.8 Å². The predicted octanol–water partition coefficient (Wildman–Crippen LogP) is 2.08. The summed E-state index contributed by atoms with van der Waals surface area (Å²) in [5.41, 5.74) is 6.97. The minimum Gasteiger partial charge on any atom is -0.491 e. The highest BCUT2D eigenvalue weighted by molar-refractivity contribution is 5.78. The van der Waals surface area contributed by atoms with E-state index in [9.17, 15) is 0 Å². The van der Waals surface area contributed by atoms with E-state index in [4.69, 9.17) is 10.5 Å². The van der Waals surface area contributed by atoms with Crippen molar-refractivity contribution in [1.82, 2.24) is 5.32 Å². The van der Waals surface area contributed by atoms with Gasteiger partial charge in [0, 0.05) is 6.04 Å². The molecule has 0 radical (unpaired) electrons. The third-order valence-electron chi connectivity index (χ3n) is 2.31. The van der Waals surface area contributed by atoms with Crippen LogP contribution in [-0.2, 0) is 0 Å². The average molecular weight is 249 g/mol. The molecule has 4 nitrogen and oxygen atoms in total. The molecule has 0 spiro atoms. The van der Waals surface area contributed by atoms with E-state index in [1.807, 2.05) is 45.0 Å². The molecule has 0 aliphatic carbocycles. The quantitative estimate of drug-likeness (QED) is 0.620. The highest BCUT2D eigenvalue weighted by atomic mass is 16.5. The van der Waals surface area contributed by atoms with Gasteiger partial charge in [0.1, 0.15) is 12.4 Å². The lowest BCUT2D eigenvalue weighted by molar-refractivity contribution is 0.296. The molecule has 4 heteroatoms. The lowest BCUT2D eigenvalue weighted by Crippen LogP contribution is -2.38. The first-order valence-electron chi connectivity index (χ1n) is 6.26. The van der Waals surface area contributed by atoms with Crippen LogP contribution in [0.15, 0.2) is 29.3 Å². The van der Waals surface area contributed by atoms with Gasteiger partial charge >= 0.3 is 0 Å². The predicted molar refractivity (Wildman–Crippen MR) is 76.0 cm³/mol. The maximum atomic E-state index is 5.75. The van der Waals surface area contributed by atoms with Crippen LogP contribution in [0.1, 0.15) is 26.3 Å². The molecule has 0 saturated heterocycles. The van der Waals surface area contributed by atoms with Crippen molar-refractivity contribution in [2.24, 2.45) is 10.7 Å². The van der Waals surface area contributed by atoms with Crippen LogP contribution < -0.4 is 15.8 Å².